The van der Waals surface area contributed by atoms with Gasteiger partial charge in [-0.25, -0.2) is 0 Å². The Morgan fingerprint density at radius 3 is 2.68 bits per heavy atom. The molecule has 0 saturated heterocycles. The summed E-state index contributed by atoms with van der Waals surface area (Å²) in [5.74, 6) is -0.136. The zero-order valence-corrected chi connectivity index (χ0v) is 12.2. The summed E-state index contributed by atoms with van der Waals surface area (Å²) >= 11 is 3.15. The molecule has 1 N–H and O–H groups in total. The average Bonchev–Trinajstić information content (AvgIpc) is 2.41. The fourth-order valence-corrected chi connectivity index (χ4v) is 2.64. The van der Waals surface area contributed by atoms with E-state index in [1.165, 1.54) is 0 Å². The molecule has 104 valence electrons. The van der Waals surface area contributed by atoms with E-state index in [0.717, 1.165) is 25.7 Å². The van der Waals surface area contributed by atoms with E-state index in [9.17, 15) is 10.1 Å². The molecule has 0 amide bonds. The molecule has 1 aliphatic rings. The van der Waals surface area contributed by atoms with Crippen molar-refractivity contribution in [2.75, 3.05) is 12.4 Å². The van der Waals surface area contributed by atoms with Crippen LogP contribution >= 0.6 is 15.9 Å². The minimum atomic E-state index is -0.464. The standard InChI is InChI=1S/C12H16BrN3O3/c1-19-9-4-2-8(3-5-9)14-10-6-7-11(13)15-12(10)16(17)18/h6-9,14H,2-5H2,1H3. The first-order valence-corrected chi connectivity index (χ1v) is 6.99. The third kappa shape index (κ3) is 3.63. The monoisotopic (exact) mass is 329 g/mol. The fourth-order valence-electron chi connectivity index (χ4n) is 2.34. The van der Waals surface area contributed by atoms with E-state index in [2.05, 4.69) is 26.2 Å². The number of nitro groups is 1. The van der Waals surface area contributed by atoms with Crippen LogP contribution in [0.1, 0.15) is 25.7 Å². The Kier molecular flexibility index (Phi) is 4.71. The predicted molar refractivity (Wildman–Crippen MR) is 75.3 cm³/mol. The van der Waals surface area contributed by atoms with Gasteiger partial charge in [-0.1, -0.05) is 0 Å². The number of nitrogens with zero attached hydrogens (tertiary/aromatic N) is 2. The minimum Gasteiger partial charge on any atom is -0.381 e. The lowest BCUT2D eigenvalue weighted by Crippen LogP contribution is -2.29. The smallest absolute Gasteiger partial charge is 0.381 e. The molecule has 1 aromatic rings. The number of pyridine rings is 1. The van der Waals surface area contributed by atoms with Crippen molar-refractivity contribution in [3.63, 3.8) is 0 Å². The molecule has 0 spiro atoms. The molecule has 0 aromatic carbocycles. The van der Waals surface area contributed by atoms with Gasteiger partial charge < -0.3 is 20.2 Å². The number of methoxy groups -OCH3 is 1. The van der Waals surface area contributed by atoms with E-state index in [1.807, 2.05) is 0 Å². The molecule has 1 saturated carbocycles. The van der Waals surface area contributed by atoms with Crippen LogP contribution in [0.15, 0.2) is 16.7 Å². The average molecular weight is 330 g/mol. The lowest BCUT2D eigenvalue weighted by atomic mass is 9.93. The maximum absolute atomic E-state index is 11.0. The highest BCUT2D eigenvalue weighted by Crippen LogP contribution is 2.28. The molecule has 0 bridgehead atoms. The third-order valence-corrected chi connectivity index (χ3v) is 3.82. The van der Waals surface area contributed by atoms with Gasteiger partial charge in [0, 0.05) is 29.1 Å². The number of anilines is 1. The van der Waals surface area contributed by atoms with Gasteiger partial charge in [-0.05, 0) is 47.7 Å². The molecule has 1 aromatic heterocycles. The molecule has 0 unspecified atom stereocenters. The highest BCUT2D eigenvalue weighted by Gasteiger charge is 2.24. The van der Waals surface area contributed by atoms with Gasteiger partial charge >= 0.3 is 5.82 Å². The molecule has 19 heavy (non-hydrogen) atoms. The molecule has 0 aliphatic heterocycles. The zero-order valence-electron chi connectivity index (χ0n) is 10.6. The van der Waals surface area contributed by atoms with Gasteiger partial charge in [-0.2, -0.15) is 0 Å². The van der Waals surface area contributed by atoms with E-state index in [4.69, 9.17) is 4.74 Å². The van der Waals surface area contributed by atoms with E-state index in [0.29, 0.717) is 16.4 Å². The molecular weight excluding hydrogens is 314 g/mol. The van der Waals surface area contributed by atoms with Crippen molar-refractivity contribution >= 4 is 27.4 Å². The van der Waals surface area contributed by atoms with Crippen molar-refractivity contribution < 1.29 is 9.66 Å². The second-order valence-corrected chi connectivity index (χ2v) is 5.43. The Labute approximate surface area is 119 Å². The number of hydrogen-bond donors (Lipinski definition) is 1. The van der Waals surface area contributed by atoms with Gasteiger partial charge in [0.2, 0.25) is 4.60 Å². The van der Waals surface area contributed by atoms with Crippen LogP contribution in [0, 0.1) is 10.1 Å². The van der Waals surface area contributed by atoms with Crippen LogP contribution < -0.4 is 5.32 Å². The van der Waals surface area contributed by atoms with Gasteiger partial charge in [0.15, 0.2) is 0 Å². The van der Waals surface area contributed by atoms with Gasteiger partial charge in [0.1, 0.15) is 5.69 Å². The number of rotatable bonds is 4. The molecule has 2 rings (SSSR count). The van der Waals surface area contributed by atoms with Gasteiger partial charge in [0.05, 0.1) is 6.10 Å². The topological polar surface area (TPSA) is 77.3 Å². The normalized spacial score (nSPS) is 23.1. The minimum absolute atomic E-state index is 0.136. The van der Waals surface area contributed by atoms with Crippen molar-refractivity contribution in [3.05, 3.63) is 26.9 Å². The first-order chi connectivity index (χ1) is 9.10. The Morgan fingerprint density at radius 1 is 1.42 bits per heavy atom. The first-order valence-electron chi connectivity index (χ1n) is 6.20. The summed E-state index contributed by atoms with van der Waals surface area (Å²) in [5.41, 5.74) is 0.481. The summed E-state index contributed by atoms with van der Waals surface area (Å²) in [6, 6.07) is 3.64. The van der Waals surface area contributed by atoms with Crippen LogP contribution in [0.3, 0.4) is 0 Å². The first kappa shape index (κ1) is 14.2. The van der Waals surface area contributed by atoms with E-state index in [-0.39, 0.29) is 11.9 Å². The zero-order chi connectivity index (χ0) is 13.8. The number of nitrogens with one attached hydrogen (secondary N) is 1. The summed E-state index contributed by atoms with van der Waals surface area (Å²) in [7, 11) is 1.72. The second kappa shape index (κ2) is 6.29. The van der Waals surface area contributed by atoms with Crippen molar-refractivity contribution in [3.8, 4) is 0 Å². The number of halogens is 1. The number of hydrogen-bond acceptors (Lipinski definition) is 5. The molecular formula is C12H16BrN3O3. The Balaban J connectivity index is 2.05. The van der Waals surface area contributed by atoms with E-state index in [1.54, 1.807) is 19.2 Å². The highest BCUT2D eigenvalue weighted by molar-refractivity contribution is 9.10. The third-order valence-electron chi connectivity index (χ3n) is 3.38. The van der Waals surface area contributed by atoms with E-state index < -0.39 is 4.92 Å². The van der Waals surface area contributed by atoms with Crippen molar-refractivity contribution in [1.82, 2.24) is 4.98 Å². The van der Waals surface area contributed by atoms with Gasteiger partial charge in [-0.15, -0.1) is 0 Å². The van der Waals surface area contributed by atoms with E-state index >= 15 is 0 Å². The van der Waals surface area contributed by atoms with Gasteiger partial charge in [-0.3, -0.25) is 0 Å². The summed E-state index contributed by atoms with van der Waals surface area (Å²) < 4.78 is 5.78. The van der Waals surface area contributed by atoms with Crippen LogP contribution in [0.4, 0.5) is 11.5 Å². The van der Waals surface area contributed by atoms with Crippen molar-refractivity contribution in [1.29, 1.82) is 0 Å². The quantitative estimate of drug-likeness (QED) is 0.521. The largest absolute Gasteiger partial charge is 0.388 e. The van der Waals surface area contributed by atoms with Crippen molar-refractivity contribution in [2.24, 2.45) is 0 Å². The fraction of sp³-hybridized carbons (Fsp3) is 0.583. The summed E-state index contributed by atoms with van der Waals surface area (Å²) in [6.07, 6.45) is 4.17. The SMILES string of the molecule is COC1CCC(Nc2ccc(Br)nc2[N+](=O)[O-])CC1. The molecule has 1 heterocycles. The second-order valence-electron chi connectivity index (χ2n) is 4.62. The predicted octanol–water partition coefficient (Wildman–Crippen LogP) is 3.12. The maximum Gasteiger partial charge on any atom is 0.388 e. The number of ether oxygens (including phenoxy) is 1. The van der Waals surface area contributed by atoms with Crippen LogP contribution in [0.2, 0.25) is 0 Å². The Bertz CT molecular complexity index is 462. The lowest BCUT2D eigenvalue weighted by molar-refractivity contribution is -0.388. The Hall–Kier alpha value is -1.21. The molecule has 6 nitrogen and oxygen atoms in total. The molecule has 0 radical (unpaired) electrons. The molecule has 7 heteroatoms. The van der Waals surface area contributed by atoms with Gasteiger partial charge in [0.25, 0.3) is 0 Å². The summed E-state index contributed by atoms with van der Waals surface area (Å²) in [6.45, 7) is 0. The molecule has 1 aliphatic carbocycles. The maximum atomic E-state index is 11.0. The lowest BCUT2D eigenvalue weighted by Gasteiger charge is -2.28. The van der Waals surface area contributed by atoms with Crippen LogP contribution in [0.25, 0.3) is 0 Å². The summed E-state index contributed by atoms with van der Waals surface area (Å²) in [5, 5.41) is 14.2. The molecule has 0 atom stereocenters. The number of aromatic nitrogens is 1. The summed E-state index contributed by atoms with van der Waals surface area (Å²) in [4.78, 5) is 14.4. The molecule has 1 fully saturated rings. The van der Waals surface area contributed by atoms with Crippen LogP contribution in [-0.4, -0.2) is 29.2 Å². The Morgan fingerprint density at radius 2 is 2.11 bits per heavy atom. The highest BCUT2D eigenvalue weighted by atomic mass is 79.9. The van der Waals surface area contributed by atoms with Crippen LogP contribution in [0.5, 0.6) is 0 Å². The van der Waals surface area contributed by atoms with Crippen LogP contribution in [-0.2, 0) is 4.74 Å². The van der Waals surface area contributed by atoms with Crippen molar-refractivity contribution in [2.45, 2.75) is 37.8 Å².